The number of hydrogen-bond acceptors (Lipinski definition) is 4. The molecule has 1 rings (SSSR count). The summed E-state index contributed by atoms with van der Waals surface area (Å²) in [4.78, 5) is 25.8. The highest BCUT2D eigenvalue weighted by Gasteiger charge is 2.16. The van der Waals surface area contributed by atoms with Crippen molar-refractivity contribution >= 4 is 11.9 Å². The van der Waals surface area contributed by atoms with Crippen LogP contribution in [0.25, 0.3) is 0 Å². The van der Waals surface area contributed by atoms with Gasteiger partial charge in [0, 0.05) is 13.1 Å². The lowest BCUT2D eigenvalue weighted by Crippen LogP contribution is -2.37. The van der Waals surface area contributed by atoms with Gasteiger partial charge in [0.1, 0.15) is 5.75 Å². The zero-order valence-electron chi connectivity index (χ0n) is 15.9. The second kappa shape index (κ2) is 11.5. The monoisotopic (exact) mass is 349 g/mol. The molecule has 140 valence electrons. The fourth-order valence-corrected chi connectivity index (χ4v) is 2.33. The smallest absolute Gasteiger partial charge is 0.307 e. The molecule has 0 radical (unpaired) electrons. The number of benzene rings is 1. The third-order valence-corrected chi connectivity index (χ3v) is 3.89. The van der Waals surface area contributed by atoms with Gasteiger partial charge in [-0.25, -0.2) is 0 Å². The third-order valence-electron chi connectivity index (χ3n) is 3.89. The summed E-state index contributed by atoms with van der Waals surface area (Å²) < 4.78 is 10.6. The summed E-state index contributed by atoms with van der Waals surface area (Å²) in [6, 6.07) is 7.76. The van der Waals surface area contributed by atoms with Crippen LogP contribution < -0.4 is 4.74 Å². The largest absolute Gasteiger partial charge is 0.484 e. The molecule has 0 fully saturated rings. The molecule has 1 amide bonds. The standard InChI is InChI=1S/C20H31NO4/c1-5-17-8-7-9-18(14-17)25-15-19(22)21(12-10-16(3)4)13-11-20(23)24-6-2/h7-9,14,16H,5-6,10-13,15H2,1-4H3. The Morgan fingerprint density at radius 3 is 2.56 bits per heavy atom. The Bertz CT molecular complexity index is 542. The summed E-state index contributed by atoms with van der Waals surface area (Å²) in [6.07, 6.45) is 2.02. The first-order valence-electron chi connectivity index (χ1n) is 9.11. The molecule has 1 aromatic carbocycles. The van der Waals surface area contributed by atoms with Gasteiger partial charge in [0.2, 0.25) is 0 Å². The van der Waals surface area contributed by atoms with E-state index < -0.39 is 0 Å². The van der Waals surface area contributed by atoms with Gasteiger partial charge in [0.25, 0.3) is 5.91 Å². The first-order valence-corrected chi connectivity index (χ1v) is 9.11. The Labute approximate surface area is 151 Å². The van der Waals surface area contributed by atoms with Crippen LogP contribution in [0.4, 0.5) is 0 Å². The van der Waals surface area contributed by atoms with Crippen molar-refractivity contribution in [3.05, 3.63) is 29.8 Å². The maximum atomic E-state index is 12.5. The predicted molar refractivity (Wildman–Crippen MR) is 98.6 cm³/mol. The number of ether oxygens (including phenoxy) is 2. The van der Waals surface area contributed by atoms with Crippen molar-refractivity contribution < 1.29 is 19.1 Å². The topological polar surface area (TPSA) is 55.8 Å². The molecule has 0 N–H and O–H groups in total. The van der Waals surface area contributed by atoms with Crippen LogP contribution >= 0.6 is 0 Å². The lowest BCUT2D eigenvalue weighted by atomic mass is 10.1. The van der Waals surface area contributed by atoms with Crippen molar-refractivity contribution in [1.82, 2.24) is 4.90 Å². The lowest BCUT2D eigenvalue weighted by Gasteiger charge is -2.23. The third kappa shape index (κ3) is 8.57. The molecular formula is C20H31NO4. The number of hydrogen-bond donors (Lipinski definition) is 0. The van der Waals surface area contributed by atoms with Gasteiger partial charge in [-0.05, 0) is 43.4 Å². The van der Waals surface area contributed by atoms with E-state index in [4.69, 9.17) is 9.47 Å². The fourth-order valence-electron chi connectivity index (χ4n) is 2.33. The van der Waals surface area contributed by atoms with Gasteiger partial charge in [0.05, 0.1) is 13.0 Å². The molecule has 0 aromatic heterocycles. The van der Waals surface area contributed by atoms with Gasteiger partial charge in [0.15, 0.2) is 6.61 Å². The molecule has 0 atom stereocenters. The van der Waals surface area contributed by atoms with Gasteiger partial charge < -0.3 is 14.4 Å². The molecule has 0 heterocycles. The van der Waals surface area contributed by atoms with Crippen molar-refractivity contribution in [2.24, 2.45) is 5.92 Å². The number of amides is 1. The Balaban J connectivity index is 2.58. The van der Waals surface area contributed by atoms with E-state index in [2.05, 4.69) is 20.8 Å². The van der Waals surface area contributed by atoms with E-state index in [9.17, 15) is 9.59 Å². The number of rotatable bonds is 11. The number of carbonyl (C=O) groups excluding carboxylic acids is 2. The quantitative estimate of drug-likeness (QED) is 0.574. The minimum atomic E-state index is -0.276. The highest BCUT2D eigenvalue weighted by molar-refractivity contribution is 5.78. The van der Waals surface area contributed by atoms with E-state index >= 15 is 0 Å². The highest BCUT2D eigenvalue weighted by Crippen LogP contribution is 2.14. The molecule has 0 aliphatic carbocycles. The first kappa shape index (κ1) is 21.0. The predicted octanol–water partition coefficient (Wildman–Crippen LogP) is 3.46. The number of esters is 1. The Morgan fingerprint density at radius 2 is 1.92 bits per heavy atom. The zero-order chi connectivity index (χ0) is 18.7. The van der Waals surface area contributed by atoms with Crippen LogP contribution in [-0.4, -0.2) is 43.1 Å². The Hall–Kier alpha value is -2.04. The van der Waals surface area contributed by atoms with Crippen LogP contribution in [0.2, 0.25) is 0 Å². The van der Waals surface area contributed by atoms with Crippen LogP contribution in [0.3, 0.4) is 0 Å². The van der Waals surface area contributed by atoms with Crippen molar-refractivity contribution in [3.63, 3.8) is 0 Å². The molecule has 25 heavy (non-hydrogen) atoms. The Morgan fingerprint density at radius 1 is 1.16 bits per heavy atom. The van der Waals surface area contributed by atoms with Crippen molar-refractivity contribution in [1.29, 1.82) is 0 Å². The van der Waals surface area contributed by atoms with E-state index in [0.717, 1.165) is 12.8 Å². The van der Waals surface area contributed by atoms with Crippen molar-refractivity contribution in [2.45, 2.75) is 47.0 Å². The minimum Gasteiger partial charge on any atom is -0.484 e. The van der Waals surface area contributed by atoms with Crippen LogP contribution in [0, 0.1) is 5.92 Å². The summed E-state index contributed by atoms with van der Waals surface area (Å²) in [6.45, 7) is 9.40. The highest BCUT2D eigenvalue weighted by atomic mass is 16.5. The van der Waals surface area contributed by atoms with Gasteiger partial charge in [-0.2, -0.15) is 0 Å². The van der Waals surface area contributed by atoms with E-state index in [-0.39, 0.29) is 24.9 Å². The van der Waals surface area contributed by atoms with Crippen LogP contribution in [0.1, 0.15) is 46.1 Å². The number of nitrogens with zero attached hydrogens (tertiary/aromatic N) is 1. The van der Waals surface area contributed by atoms with Crippen molar-refractivity contribution in [3.8, 4) is 5.75 Å². The average molecular weight is 349 g/mol. The van der Waals surface area contributed by atoms with Crippen LogP contribution in [0.5, 0.6) is 5.75 Å². The summed E-state index contributed by atoms with van der Waals surface area (Å²) in [5.41, 5.74) is 1.17. The molecule has 5 nitrogen and oxygen atoms in total. The van der Waals surface area contributed by atoms with Crippen LogP contribution in [0.15, 0.2) is 24.3 Å². The van der Waals surface area contributed by atoms with Gasteiger partial charge in [-0.1, -0.05) is 32.9 Å². The van der Waals surface area contributed by atoms with Gasteiger partial charge in [-0.3, -0.25) is 9.59 Å². The molecule has 0 saturated carbocycles. The second-order valence-corrected chi connectivity index (χ2v) is 6.41. The van der Waals surface area contributed by atoms with E-state index in [1.165, 1.54) is 5.56 Å². The molecule has 1 aromatic rings. The molecule has 5 heteroatoms. The maximum Gasteiger partial charge on any atom is 0.307 e. The Kier molecular flexibility index (Phi) is 9.66. The lowest BCUT2D eigenvalue weighted by molar-refractivity contribution is -0.144. The summed E-state index contributed by atoms with van der Waals surface area (Å²) in [5, 5.41) is 0. The fraction of sp³-hybridized carbons (Fsp3) is 0.600. The molecule has 0 spiro atoms. The number of carbonyl (C=O) groups is 2. The maximum absolute atomic E-state index is 12.5. The molecular weight excluding hydrogens is 318 g/mol. The molecule has 0 unspecified atom stereocenters. The first-order chi connectivity index (χ1) is 12.0. The van der Waals surface area contributed by atoms with E-state index in [0.29, 0.717) is 31.4 Å². The average Bonchev–Trinajstić information content (AvgIpc) is 2.60. The van der Waals surface area contributed by atoms with Crippen LogP contribution in [-0.2, 0) is 20.7 Å². The van der Waals surface area contributed by atoms with Gasteiger partial charge >= 0.3 is 5.97 Å². The summed E-state index contributed by atoms with van der Waals surface area (Å²) >= 11 is 0. The molecule has 0 aliphatic rings. The van der Waals surface area contributed by atoms with Crippen molar-refractivity contribution in [2.75, 3.05) is 26.3 Å². The minimum absolute atomic E-state index is 0.0198. The molecule has 0 aliphatic heterocycles. The summed E-state index contributed by atoms with van der Waals surface area (Å²) in [7, 11) is 0. The molecule has 0 bridgehead atoms. The molecule has 0 saturated heterocycles. The van der Waals surface area contributed by atoms with E-state index in [1.807, 2.05) is 24.3 Å². The van der Waals surface area contributed by atoms with E-state index in [1.54, 1.807) is 11.8 Å². The summed E-state index contributed by atoms with van der Waals surface area (Å²) in [5.74, 6) is 0.801. The zero-order valence-corrected chi connectivity index (χ0v) is 15.9. The second-order valence-electron chi connectivity index (χ2n) is 6.41. The normalized spacial score (nSPS) is 10.6. The SMILES string of the molecule is CCOC(=O)CCN(CCC(C)C)C(=O)COc1cccc(CC)c1. The van der Waals surface area contributed by atoms with Gasteiger partial charge in [-0.15, -0.1) is 0 Å². The number of aryl methyl sites for hydroxylation is 1.